The minimum Gasteiger partial charge on any atom is -0.383 e. The van der Waals surface area contributed by atoms with Crippen molar-refractivity contribution < 1.29 is 4.74 Å². The smallest absolute Gasteiger partial charge is 0.225 e. The van der Waals surface area contributed by atoms with Crippen molar-refractivity contribution in [3.8, 4) is 0 Å². The van der Waals surface area contributed by atoms with Gasteiger partial charge in [0.1, 0.15) is 0 Å². The molecule has 1 fully saturated rings. The molecule has 94 valence electrons. The summed E-state index contributed by atoms with van der Waals surface area (Å²) in [7, 11) is 1.71. The van der Waals surface area contributed by atoms with Crippen molar-refractivity contribution in [3.63, 3.8) is 0 Å². The molecule has 1 aliphatic rings. The zero-order chi connectivity index (χ0) is 11.9. The highest BCUT2D eigenvalue weighted by Gasteiger charge is 2.14. The van der Waals surface area contributed by atoms with Gasteiger partial charge in [0, 0.05) is 39.5 Å². The Morgan fingerprint density at radius 2 is 2.24 bits per heavy atom. The van der Waals surface area contributed by atoms with Gasteiger partial charge >= 0.3 is 0 Å². The van der Waals surface area contributed by atoms with Crippen molar-refractivity contribution in [1.29, 1.82) is 0 Å². The Morgan fingerprint density at radius 1 is 1.41 bits per heavy atom. The molecule has 5 nitrogen and oxygen atoms in total. The number of hydrogen-bond donors (Lipinski definition) is 1. The lowest BCUT2D eigenvalue weighted by Crippen LogP contribution is -2.23. The van der Waals surface area contributed by atoms with Crippen LogP contribution >= 0.6 is 0 Å². The molecule has 0 bridgehead atoms. The van der Waals surface area contributed by atoms with Gasteiger partial charge in [-0.15, -0.1) is 0 Å². The van der Waals surface area contributed by atoms with Crippen molar-refractivity contribution in [1.82, 2.24) is 15.3 Å². The largest absolute Gasteiger partial charge is 0.383 e. The summed E-state index contributed by atoms with van der Waals surface area (Å²) >= 11 is 0. The molecule has 0 radical (unpaired) electrons. The molecule has 0 aromatic carbocycles. The highest BCUT2D eigenvalue weighted by molar-refractivity contribution is 5.31. The van der Waals surface area contributed by atoms with Gasteiger partial charge in [0.25, 0.3) is 0 Å². The third-order valence-electron chi connectivity index (χ3n) is 2.88. The van der Waals surface area contributed by atoms with E-state index in [4.69, 9.17) is 4.74 Å². The van der Waals surface area contributed by atoms with Crippen LogP contribution in [-0.4, -0.2) is 43.3 Å². The van der Waals surface area contributed by atoms with Crippen LogP contribution in [0.15, 0.2) is 12.3 Å². The van der Waals surface area contributed by atoms with E-state index in [1.54, 1.807) is 7.11 Å². The first-order chi connectivity index (χ1) is 8.40. The molecule has 1 aliphatic heterocycles. The molecule has 1 aromatic rings. The van der Waals surface area contributed by atoms with Crippen molar-refractivity contribution >= 4 is 5.95 Å². The van der Waals surface area contributed by atoms with Gasteiger partial charge < -0.3 is 15.0 Å². The van der Waals surface area contributed by atoms with Crippen molar-refractivity contribution in [2.75, 3.05) is 38.3 Å². The van der Waals surface area contributed by atoms with E-state index in [-0.39, 0.29) is 0 Å². The van der Waals surface area contributed by atoms with Gasteiger partial charge in [0.05, 0.1) is 12.3 Å². The Hall–Kier alpha value is -1.20. The average molecular weight is 236 g/mol. The Kier molecular flexibility index (Phi) is 4.70. The molecule has 2 rings (SSSR count). The molecule has 0 saturated carbocycles. The number of nitrogens with zero attached hydrogens (tertiary/aromatic N) is 3. The Balaban J connectivity index is 1.87. The minimum atomic E-state index is 0.726. The van der Waals surface area contributed by atoms with Gasteiger partial charge in [-0.25, -0.2) is 9.97 Å². The lowest BCUT2D eigenvalue weighted by atomic mass is 10.4. The molecular weight excluding hydrogens is 216 g/mol. The molecule has 0 aliphatic carbocycles. The van der Waals surface area contributed by atoms with Crippen LogP contribution in [0.4, 0.5) is 5.95 Å². The second-order valence-corrected chi connectivity index (χ2v) is 4.21. The maximum absolute atomic E-state index is 4.98. The van der Waals surface area contributed by atoms with Gasteiger partial charge in [-0.05, 0) is 18.9 Å². The number of nitrogens with one attached hydrogen (secondary N) is 1. The number of methoxy groups -OCH3 is 1. The van der Waals surface area contributed by atoms with E-state index in [2.05, 4.69) is 20.2 Å². The van der Waals surface area contributed by atoms with Crippen LogP contribution in [0.5, 0.6) is 0 Å². The van der Waals surface area contributed by atoms with Gasteiger partial charge in [-0.3, -0.25) is 0 Å². The molecule has 5 heteroatoms. The third kappa shape index (κ3) is 3.64. The summed E-state index contributed by atoms with van der Waals surface area (Å²) in [6.07, 6.45) is 4.34. The van der Waals surface area contributed by atoms with E-state index >= 15 is 0 Å². The summed E-state index contributed by atoms with van der Waals surface area (Å²) in [5.74, 6) is 0.869. The standard InChI is InChI=1S/C12H20N4O/c1-17-9-6-13-10-11-4-5-14-12(15-11)16-7-2-3-8-16/h4-5,13H,2-3,6-10H2,1H3. The van der Waals surface area contributed by atoms with Crippen molar-refractivity contribution in [2.24, 2.45) is 0 Å². The van der Waals surface area contributed by atoms with Crippen LogP contribution in [0.2, 0.25) is 0 Å². The summed E-state index contributed by atoms with van der Waals surface area (Å²) in [4.78, 5) is 11.1. The summed E-state index contributed by atoms with van der Waals surface area (Å²) in [5.41, 5.74) is 1.04. The van der Waals surface area contributed by atoms with Crippen LogP contribution in [-0.2, 0) is 11.3 Å². The number of anilines is 1. The Morgan fingerprint density at radius 3 is 3.00 bits per heavy atom. The maximum Gasteiger partial charge on any atom is 0.225 e. The van der Waals surface area contributed by atoms with Gasteiger partial charge in [0.2, 0.25) is 5.95 Å². The second kappa shape index (κ2) is 6.51. The van der Waals surface area contributed by atoms with Crippen molar-refractivity contribution in [2.45, 2.75) is 19.4 Å². The summed E-state index contributed by atoms with van der Waals surface area (Å²) in [6.45, 7) is 4.51. The van der Waals surface area contributed by atoms with E-state index in [1.165, 1.54) is 12.8 Å². The lowest BCUT2D eigenvalue weighted by molar-refractivity contribution is 0.199. The van der Waals surface area contributed by atoms with E-state index in [1.807, 2.05) is 12.3 Å². The highest BCUT2D eigenvalue weighted by atomic mass is 16.5. The fourth-order valence-electron chi connectivity index (χ4n) is 1.94. The SMILES string of the molecule is COCCNCc1ccnc(N2CCCC2)n1. The molecule has 0 unspecified atom stereocenters. The van der Waals surface area contributed by atoms with Crippen LogP contribution < -0.4 is 10.2 Å². The average Bonchev–Trinajstić information content (AvgIpc) is 2.89. The van der Waals surface area contributed by atoms with Crippen LogP contribution in [0, 0.1) is 0 Å². The summed E-state index contributed by atoms with van der Waals surface area (Å²) < 4.78 is 4.98. The van der Waals surface area contributed by atoms with E-state index in [0.29, 0.717) is 0 Å². The summed E-state index contributed by atoms with van der Waals surface area (Å²) in [6, 6.07) is 1.96. The molecule has 2 heterocycles. The highest BCUT2D eigenvalue weighted by Crippen LogP contribution is 2.14. The van der Waals surface area contributed by atoms with Crippen molar-refractivity contribution in [3.05, 3.63) is 18.0 Å². The number of rotatable bonds is 6. The summed E-state index contributed by atoms with van der Waals surface area (Å²) in [5, 5.41) is 3.29. The van der Waals surface area contributed by atoms with Gasteiger partial charge in [0.15, 0.2) is 0 Å². The van der Waals surface area contributed by atoms with Crippen LogP contribution in [0.1, 0.15) is 18.5 Å². The number of aromatic nitrogens is 2. The first-order valence-corrected chi connectivity index (χ1v) is 6.16. The monoisotopic (exact) mass is 236 g/mol. The first kappa shape index (κ1) is 12.3. The maximum atomic E-state index is 4.98. The molecule has 0 atom stereocenters. The quantitative estimate of drug-likeness (QED) is 0.741. The van der Waals surface area contributed by atoms with E-state index in [9.17, 15) is 0 Å². The van der Waals surface area contributed by atoms with E-state index < -0.39 is 0 Å². The lowest BCUT2D eigenvalue weighted by Gasteiger charge is -2.15. The predicted octanol–water partition coefficient (Wildman–Crippen LogP) is 0.813. The zero-order valence-electron chi connectivity index (χ0n) is 10.4. The first-order valence-electron chi connectivity index (χ1n) is 6.16. The molecule has 1 N–H and O–H groups in total. The number of hydrogen-bond acceptors (Lipinski definition) is 5. The topological polar surface area (TPSA) is 50.3 Å². The number of ether oxygens (including phenoxy) is 1. The molecular formula is C12H20N4O. The Bertz CT molecular complexity index is 339. The van der Waals surface area contributed by atoms with E-state index in [0.717, 1.165) is 44.4 Å². The molecule has 0 amide bonds. The molecule has 0 spiro atoms. The van der Waals surface area contributed by atoms with Gasteiger partial charge in [-0.2, -0.15) is 0 Å². The fraction of sp³-hybridized carbons (Fsp3) is 0.667. The predicted molar refractivity (Wildman–Crippen MR) is 67.1 cm³/mol. The molecule has 1 saturated heterocycles. The Labute approximate surface area is 102 Å². The van der Waals surface area contributed by atoms with Gasteiger partial charge in [-0.1, -0.05) is 0 Å². The zero-order valence-corrected chi connectivity index (χ0v) is 10.4. The fourth-order valence-corrected chi connectivity index (χ4v) is 1.94. The van der Waals surface area contributed by atoms with Crippen LogP contribution in [0.25, 0.3) is 0 Å². The molecule has 1 aromatic heterocycles. The van der Waals surface area contributed by atoms with Crippen LogP contribution in [0.3, 0.4) is 0 Å². The second-order valence-electron chi connectivity index (χ2n) is 4.21. The molecule has 17 heavy (non-hydrogen) atoms. The third-order valence-corrected chi connectivity index (χ3v) is 2.88. The normalized spacial score (nSPS) is 15.5. The minimum absolute atomic E-state index is 0.726.